The number of aromatic carboxylic acids is 1. The van der Waals surface area contributed by atoms with E-state index in [0.29, 0.717) is 23.7 Å². The summed E-state index contributed by atoms with van der Waals surface area (Å²) in [4.78, 5) is 23.6. The van der Waals surface area contributed by atoms with Gasteiger partial charge in [-0.15, -0.1) is 0 Å². The van der Waals surface area contributed by atoms with Gasteiger partial charge in [-0.3, -0.25) is 9.47 Å². The maximum atomic E-state index is 12.2. The second kappa shape index (κ2) is 6.16. The largest absolute Gasteiger partial charge is 0.493 e. The van der Waals surface area contributed by atoms with Crippen molar-refractivity contribution in [2.75, 3.05) is 19.2 Å². The van der Waals surface area contributed by atoms with Gasteiger partial charge in [-0.05, 0) is 31.5 Å². The molecule has 0 saturated carbocycles. The number of ether oxygens (including phenoxy) is 2. The number of hydrogen-bond acceptors (Lipinski definition) is 5. The lowest BCUT2D eigenvalue weighted by Crippen LogP contribution is -2.44. The van der Waals surface area contributed by atoms with Crippen LogP contribution in [-0.2, 0) is 6.54 Å². The van der Waals surface area contributed by atoms with Crippen molar-refractivity contribution in [1.29, 1.82) is 0 Å². The van der Waals surface area contributed by atoms with Crippen molar-refractivity contribution in [3.63, 3.8) is 0 Å². The van der Waals surface area contributed by atoms with E-state index in [1.165, 1.54) is 12.3 Å². The quantitative estimate of drug-likeness (QED) is 0.915. The van der Waals surface area contributed by atoms with Crippen LogP contribution in [0.1, 0.15) is 29.8 Å². The first-order valence-electron chi connectivity index (χ1n) is 7.89. The van der Waals surface area contributed by atoms with Gasteiger partial charge in [-0.1, -0.05) is 0 Å². The van der Waals surface area contributed by atoms with Gasteiger partial charge in [0.2, 0.25) is 0 Å². The van der Waals surface area contributed by atoms with E-state index in [1.807, 2.05) is 31.0 Å². The highest BCUT2D eigenvalue weighted by molar-refractivity contribution is 5.88. The molecule has 1 aliphatic rings. The van der Waals surface area contributed by atoms with Crippen LogP contribution in [-0.4, -0.2) is 36.0 Å². The van der Waals surface area contributed by atoms with E-state index < -0.39 is 11.4 Å². The van der Waals surface area contributed by atoms with E-state index in [2.05, 4.69) is 0 Å². The molecule has 2 heterocycles. The first-order chi connectivity index (χ1) is 11.9. The molecule has 1 N–H and O–H groups in total. The predicted molar refractivity (Wildman–Crippen MR) is 93.3 cm³/mol. The maximum Gasteiger partial charge on any atom is 0.341 e. The van der Waals surface area contributed by atoms with Gasteiger partial charge in [0, 0.05) is 23.9 Å². The summed E-state index contributed by atoms with van der Waals surface area (Å²) in [5.41, 5.74) is 1.66. The Morgan fingerprint density at radius 1 is 1.16 bits per heavy atom. The minimum atomic E-state index is -1.23. The van der Waals surface area contributed by atoms with Crippen molar-refractivity contribution in [1.82, 2.24) is 4.68 Å². The van der Waals surface area contributed by atoms with Crippen LogP contribution in [0, 0.1) is 0 Å². The van der Waals surface area contributed by atoms with Gasteiger partial charge in [-0.2, -0.15) is 0 Å². The molecule has 0 unspecified atom stereocenters. The molecule has 0 amide bonds. The minimum Gasteiger partial charge on any atom is -0.493 e. The van der Waals surface area contributed by atoms with E-state index in [0.717, 1.165) is 11.1 Å². The Morgan fingerprint density at radius 3 is 2.36 bits per heavy atom. The summed E-state index contributed by atoms with van der Waals surface area (Å²) in [6, 6.07) is 5.17. The maximum absolute atomic E-state index is 12.2. The number of nitrogens with zero attached hydrogens (tertiary/aromatic N) is 2. The third kappa shape index (κ3) is 2.71. The summed E-state index contributed by atoms with van der Waals surface area (Å²) >= 11 is 0. The molecule has 0 spiro atoms. The van der Waals surface area contributed by atoms with Crippen LogP contribution in [0.3, 0.4) is 0 Å². The number of carboxylic acids is 1. The van der Waals surface area contributed by atoms with Crippen LogP contribution in [0.2, 0.25) is 0 Å². The molecular formula is C18H20N2O5. The fraction of sp³-hybridized carbons (Fsp3) is 0.333. The first-order valence-corrected chi connectivity index (χ1v) is 7.89. The number of rotatable bonds is 4. The second-order valence-corrected chi connectivity index (χ2v) is 6.14. The van der Waals surface area contributed by atoms with Gasteiger partial charge < -0.3 is 19.6 Å². The molecule has 0 bridgehead atoms. The lowest BCUT2D eigenvalue weighted by molar-refractivity contribution is 0.0694. The van der Waals surface area contributed by atoms with Gasteiger partial charge >= 0.3 is 5.97 Å². The fourth-order valence-electron chi connectivity index (χ4n) is 3.07. The molecular weight excluding hydrogens is 324 g/mol. The monoisotopic (exact) mass is 344 g/mol. The first kappa shape index (κ1) is 16.9. The number of fused-ring (bicyclic) bond motifs is 3. The number of benzene rings is 1. The van der Waals surface area contributed by atoms with Gasteiger partial charge in [0.05, 0.1) is 26.5 Å². The highest BCUT2D eigenvalue weighted by Gasteiger charge is 2.27. The number of pyridine rings is 1. The summed E-state index contributed by atoms with van der Waals surface area (Å²) in [6.07, 6.45) is 1.39. The number of carbonyl (C=O) groups is 1. The van der Waals surface area contributed by atoms with Gasteiger partial charge in [0.25, 0.3) is 0 Å². The number of aromatic nitrogens is 1. The molecule has 25 heavy (non-hydrogen) atoms. The third-order valence-electron chi connectivity index (χ3n) is 4.35. The Labute approximate surface area is 145 Å². The Kier molecular flexibility index (Phi) is 4.16. The molecule has 132 valence electrons. The summed E-state index contributed by atoms with van der Waals surface area (Å²) < 4.78 is 12.5. The van der Waals surface area contributed by atoms with Crippen LogP contribution in [0.5, 0.6) is 11.5 Å². The molecule has 0 saturated heterocycles. The molecule has 7 nitrogen and oxygen atoms in total. The molecule has 1 aliphatic heterocycles. The topological polar surface area (TPSA) is 81.0 Å². The SMILES string of the molecule is COc1cc2c(cc1OC)-c1cc(=O)c(C(=O)O)cn1N(C(C)C)C2. The lowest BCUT2D eigenvalue weighted by Gasteiger charge is -2.38. The van der Waals surface area contributed by atoms with Crippen molar-refractivity contribution in [2.24, 2.45) is 0 Å². The van der Waals surface area contributed by atoms with E-state index in [-0.39, 0.29) is 11.6 Å². The second-order valence-electron chi connectivity index (χ2n) is 6.14. The van der Waals surface area contributed by atoms with Gasteiger partial charge in [0.1, 0.15) is 5.56 Å². The van der Waals surface area contributed by atoms with E-state index in [9.17, 15) is 14.7 Å². The van der Waals surface area contributed by atoms with Gasteiger partial charge in [0.15, 0.2) is 16.9 Å². The van der Waals surface area contributed by atoms with Crippen molar-refractivity contribution in [3.05, 3.63) is 45.7 Å². The highest BCUT2D eigenvalue weighted by Crippen LogP contribution is 2.38. The zero-order valence-electron chi connectivity index (χ0n) is 14.6. The molecule has 7 heteroatoms. The van der Waals surface area contributed by atoms with Crippen LogP contribution >= 0.6 is 0 Å². The Morgan fingerprint density at radius 2 is 1.80 bits per heavy atom. The molecule has 0 radical (unpaired) electrons. The Balaban J connectivity index is 2.31. The average molecular weight is 344 g/mol. The van der Waals surface area contributed by atoms with Crippen LogP contribution in [0.15, 0.2) is 29.2 Å². The Bertz CT molecular complexity index is 901. The molecule has 0 atom stereocenters. The predicted octanol–water partition coefficient (Wildman–Crippen LogP) is 2.09. The summed E-state index contributed by atoms with van der Waals surface area (Å²) in [7, 11) is 3.12. The van der Waals surface area contributed by atoms with Crippen molar-refractivity contribution in [2.45, 2.75) is 26.4 Å². The van der Waals surface area contributed by atoms with Crippen molar-refractivity contribution >= 4 is 5.97 Å². The van der Waals surface area contributed by atoms with Crippen molar-refractivity contribution < 1.29 is 19.4 Å². The number of hydrogen-bond donors (Lipinski definition) is 1. The summed E-state index contributed by atoms with van der Waals surface area (Å²) in [5, 5.41) is 11.3. The zero-order chi connectivity index (χ0) is 18.3. The molecule has 0 fully saturated rings. The lowest BCUT2D eigenvalue weighted by atomic mass is 9.99. The Hall–Kier alpha value is -2.96. The van der Waals surface area contributed by atoms with Crippen molar-refractivity contribution in [3.8, 4) is 22.8 Å². The number of carboxylic acid groups (broad SMARTS) is 1. The average Bonchev–Trinajstić information content (AvgIpc) is 2.58. The third-order valence-corrected chi connectivity index (χ3v) is 4.35. The van der Waals surface area contributed by atoms with Gasteiger partial charge in [-0.25, -0.2) is 4.79 Å². The molecule has 0 aliphatic carbocycles. The molecule has 1 aromatic carbocycles. The number of methoxy groups -OCH3 is 2. The minimum absolute atomic E-state index is 0.101. The van der Waals surface area contributed by atoms with Crippen LogP contribution in [0.4, 0.5) is 0 Å². The van der Waals surface area contributed by atoms with Crippen LogP contribution in [0.25, 0.3) is 11.3 Å². The smallest absolute Gasteiger partial charge is 0.341 e. The van der Waals surface area contributed by atoms with E-state index in [4.69, 9.17) is 9.47 Å². The summed E-state index contributed by atoms with van der Waals surface area (Å²) in [5.74, 6) is -0.0643. The standard InChI is InChI=1S/C18H20N2O5/c1-10(2)19-8-11-5-16(24-3)17(25-4)6-12(11)14-7-15(21)13(18(22)23)9-20(14)19/h5-7,9-10H,8H2,1-4H3,(H,22,23). The normalized spacial score (nSPS) is 12.6. The molecule has 1 aromatic heterocycles. The summed E-state index contributed by atoms with van der Waals surface area (Å²) in [6.45, 7) is 4.57. The molecule has 2 aromatic rings. The molecule has 3 rings (SSSR count). The highest BCUT2D eigenvalue weighted by atomic mass is 16.5. The van der Waals surface area contributed by atoms with E-state index >= 15 is 0 Å². The van der Waals surface area contributed by atoms with E-state index in [1.54, 1.807) is 18.9 Å². The fourth-order valence-corrected chi connectivity index (χ4v) is 3.07. The van der Waals surface area contributed by atoms with Crippen LogP contribution < -0.4 is 19.9 Å². The zero-order valence-corrected chi connectivity index (χ0v) is 14.6.